The highest BCUT2D eigenvalue weighted by Gasteiger charge is 2.22. The van der Waals surface area contributed by atoms with E-state index >= 15 is 0 Å². The number of carbonyl (C=O) groups excluding carboxylic acids is 2. The molecule has 0 saturated heterocycles. The Labute approximate surface area is 153 Å². The van der Waals surface area contributed by atoms with Crippen LogP contribution in [0, 0.1) is 0 Å². The number of rotatable bonds is 2. The number of benzene rings is 2. The molecule has 7 heteroatoms. The maximum atomic E-state index is 11.5. The summed E-state index contributed by atoms with van der Waals surface area (Å²) < 4.78 is 5.12. The van der Waals surface area contributed by atoms with Gasteiger partial charge in [-0.1, -0.05) is 41.4 Å². The smallest absolute Gasteiger partial charge is 0.309 e. The monoisotopic (exact) mass is 374 g/mol. The van der Waals surface area contributed by atoms with E-state index in [1.54, 1.807) is 42.5 Å². The summed E-state index contributed by atoms with van der Waals surface area (Å²) in [5.74, 6) is -0.701. The van der Waals surface area contributed by atoms with Crippen LogP contribution in [0.1, 0.15) is 12.5 Å². The average Bonchev–Trinajstić information content (AvgIpc) is 2.72. The first kappa shape index (κ1) is 17.3. The number of hydrogen-bond acceptors (Lipinski definition) is 5. The van der Waals surface area contributed by atoms with Crippen molar-refractivity contribution >= 4 is 47.1 Å². The Morgan fingerprint density at radius 1 is 1.20 bits per heavy atom. The predicted octanol–water partition coefficient (Wildman–Crippen LogP) is 2.31. The molecule has 0 N–H and O–H groups in total. The van der Waals surface area contributed by atoms with Gasteiger partial charge in [0.15, 0.2) is 12.3 Å². The lowest BCUT2D eigenvalue weighted by Crippen LogP contribution is -2.30. The highest BCUT2D eigenvalue weighted by Crippen LogP contribution is 2.24. The highest BCUT2D eigenvalue weighted by atomic mass is 35.5. The molecule has 1 heterocycles. The van der Waals surface area contributed by atoms with E-state index in [0.29, 0.717) is 38.2 Å². The molecule has 2 aromatic rings. The normalized spacial score (nSPS) is 16.2. The molecular formula is C18H12Cl2N2O3. The van der Waals surface area contributed by atoms with Gasteiger partial charge >= 0.3 is 5.97 Å². The van der Waals surface area contributed by atoms with Crippen molar-refractivity contribution in [2.24, 2.45) is 9.98 Å². The van der Waals surface area contributed by atoms with Crippen molar-refractivity contribution in [3.05, 3.63) is 68.6 Å². The fourth-order valence-corrected chi connectivity index (χ4v) is 2.83. The van der Waals surface area contributed by atoms with Gasteiger partial charge in [-0.2, -0.15) is 0 Å². The van der Waals surface area contributed by atoms with Gasteiger partial charge in [-0.05, 0) is 24.3 Å². The van der Waals surface area contributed by atoms with E-state index in [1.807, 2.05) is 0 Å². The van der Waals surface area contributed by atoms with E-state index in [0.717, 1.165) is 0 Å². The second-order valence-corrected chi connectivity index (χ2v) is 6.09. The second kappa shape index (κ2) is 7.17. The molecule has 25 heavy (non-hydrogen) atoms. The molecule has 0 spiro atoms. The van der Waals surface area contributed by atoms with Gasteiger partial charge in [0.05, 0.1) is 11.1 Å². The number of aldehydes is 1. The Morgan fingerprint density at radius 3 is 2.64 bits per heavy atom. The maximum Gasteiger partial charge on any atom is 0.309 e. The number of aliphatic imine (C=N–C) groups is 1. The highest BCUT2D eigenvalue weighted by molar-refractivity contribution is 6.32. The van der Waals surface area contributed by atoms with Crippen molar-refractivity contribution in [3.8, 4) is 0 Å². The van der Waals surface area contributed by atoms with Crippen LogP contribution in [0.4, 0.5) is 0 Å². The molecule has 0 aromatic heterocycles. The average molecular weight is 375 g/mol. The van der Waals surface area contributed by atoms with Crippen LogP contribution in [0.5, 0.6) is 0 Å². The predicted molar refractivity (Wildman–Crippen MR) is 95.2 cm³/mol. The maximum absolute atomic E-state index is 11.5. The van der Waals surface area contributed by atoms with Gasteiger partial charge in [0, 0.05) is 27.8 Å². The molecule has 5 nitrogen and oxygen atoms in total. The lowest BCUT2D eigenvalue weighted by atomic mass is 10.1. The molecule has 2 aromatic carbocycles. The van der Waals surface area contributed by atoms with Crippen LogP contribution < -0.4 is 10.6 Å². The fraction of sp³-hybridized carbons (Fsp3) is 0.111. The first-order chi connectivity index (χ1) is 12.0. The van der Waals surface area contributed by atoms with E-state index in [9.17, 15) is 9.59 Å². The number of carbonyl (C=O) groups is 2. The van der Waals surface area contributed by atoms with Gasteiger partial charge in [0.25, 0.3) is 0 Å². The van der Waals surface area contributed by atoms with Crippen molar-refractivity contribution in [2.45, 2.75) is 13.0 Å². The minimum Gasteiger partial charge on any atom is -0.409 e. The van der Waals surface area contributed by atoms with Gasteiger partial charge in [-0.15, -0.1) is 0 Å². The number of hydrogen-bond donors (Lipinski definition) is 0. The van der Waals surface area contributed by atoms with Crippen LogP contribution in [0.2, 0.25) is 10.0 Å². The molecule has 126 valence electrons. The summed E-state index contributed by atoms with van der Waals surface area (Å²) in [7, 11) is 0. The first-order valence-corrected chi connectivity index (χ1v) is 8.10. The second-order valence-electron chi connectivity index (χ2n) is 5.24. The zero-order chi connectivity index (χ0) is 18.0. The number of esters is 1. The summed E-state index contributed by atoms with van der Waals surface area (Å²) in [4.78, 5) is 31.6. The zero-order valence-electron chi connectivity index (χ0n) is 13.1. The van der Waals surface area contributed by atoms with Crippen LogP contribution in [0.15, 0.2) is 52.4 Å². The van der Waals surface area contributed by atoms with Crippen LogP contribution >= 0.6 is 23.2 Å². The van der Waals surface area contributed by atoms with E-state index < -0.39 is 12.0 Å². The molecule has 0 bridgehead atoms. The largest absolute Gasteiger partial charge is 0.409 e. The minimum absolute atomic E-state index is 0.107. The molecule has 3 rings (SSSR count). The minimum atomic E-state index is -1.04. The van der Waals surface area contributed by atoms with Crippen molar-refractivity contribution in [2.75, 3.05) is 0 Å². The molecule has 0 aliphatic carbocycles. The van der Waals surface area contributed by atoms with E-state index in [4.69, 9.17) is 27.9 Å². The van der Waals surface area contributed by atoms with Crippen LogP contribution in [-0.4, -0.2) is 24.2 Å². The van der Waals surface area contributed by atoms with Crippen molar-refractivity contribution < 1.29 is 14.3 Å². The molecule has 1 unspecified atom stereocenters. The number of halogens is 2. The van der Waals surface area contributed by atoms with Crippen LogP contribution in [-0.2, 0) is 14.3 Å². The summed E-state index contributed by atoms with van der Waals surface area (Å²) in [5, 5.41) is 2.03. The van der Waals surface area contributed by atoms with Crippen LogP contribution in [0.25, 0.3) is 5.70 Å². The number of ether oxygens (including phenoxy) is 1. The Balaban J connectivity index is 2.40. The Morgan fingerprint density at radius 2 is 1.96 bits per heavy atom. The van der Waals surface area contributed by atoms with Gasteiger partial charge in [-0.3, -0.25) is 9.79 Å². The van der Waals surface area contributed by atoms with Gasteiger partial charge in [-0.25, -0.2) is 4.99 Å². The Bertz CT molecular complexity index is 1020. The molecular weight excluding hydrogens is 363 g/mol. The summed E-state index contributed by atoms with van der Waals surface area (Å²) in [6.07, 6.45) is 0.565. The first-order valence-electron chi connectivity index (χ1n) is 7.34. The van der Waals surface area contributed by atoms with Gasteiger partial charge in [0.2, 0.25) is 5.90 Å². The number of fused-ring (bicyclic) bond motifs is 1. The molecule has 0 radical (unpaired) electrons. The molecule has 1 aliphatic rings. The van der Waals surface area contributed by atoms with Gasteiger partial charge in [0.1, 0.15) is 0 Å². The van der Waals surface area contributed by atoms with E-state index in [1.165, 1.54) is 6.92 Å². The molecule has 0 amide bonds. The molecule has 1 atom stereocenters. The lowest BCUT2D eigenvalue weighted by molar-refractivity contribution is -0.133. The lowest BCUT2D eigenvalue weighted by Gasteiger charge is -2.09. The summed E-state index contributed by atoms with van der Waals surface area (Å²) in [6, 6.07) is 11.1. The van der Waals surface area contributed by atoms with Gasteiger partial charge < -0.3 is 9.53 Å². The van der Waals surface area contributed by atoms with Crippen LogP contribution in [0.3, 0.4) is 0 Å². The van der Waals surface area contributed by atoms with E-state index in [2.05, 4.69) is 9.98 Å². The van der Waals surface area contributed by atoms with Crippen molar-refractivity contribution in [1.29, 1.82) is 0 Å². The standard InChI is InChI=1S/C18H12Cl2N2O3/c1-10(24)25-18-16(9-23)21-15-7-6-11(19)8-13(15)17(22-18)12-4-2-3-5-14(12)20/h2-9,16H,1H3. The van der Waals surface area contributed by atoms with Crippen molar-refractivity contribution in [1.82, 2.24) is 0 Å². The zero-order valence-corrected chi connectivity index (χ0v) is 14.6. The third-order valence-corrected chi connectivity index (χ3v) is 4.04. The van der Waals surface area contributed by atoms with Crippen molar-refractivity contribution in [3.63, 3.8) is 0 Å². The SMILES string of the molecule is CC(=O)OC1=NC(c2ccccc2Cl)=c2cc(Cl)ccc2=NC1C=O. The Hall–Kier alpha value is -2.50. The topological polar surface area (TPSA) is 68.1 Å². The summed E-state index contributed by atoms with van der Waals surface area (Å²) >= 11 is 12.4. The third kappa shape index (κ3) is 3.62. The fourth-order valence-electron chi connectivity index (χ4n) is 2.43. The molecule has 1 aliphatic heterocycles. The summed E-state index contributed by atoms with van der Waals surface area (Å²) in [5.41, 5.74) is 1.03. The summed E-state index contributed by atoms with van der Waals surface area (Å²) in [6.45, 7) is 1.23. The molecule has 0 saturated carbocycles. The third-order valence-electron chi connectivity index (χ3n) is 3.47. The Kier molecular flexibility index (Phi) is 4.97. The van der Waals surface area contributed by atoms with E-state index in [-0.39, 0.29) is 5.90 Å². The number of nitrogens with zero attached hydrogens (tertiary/aromatic N) is 2. The quantitative estimate of drug-likeness (QED) is 0.598. The molecule has 0 fully saturated rings.